The number of amides is 1. The maximum Gasteiger partial charge on any atom is 0.411 e. The van der Waals surface area contributed by atoms with Gasteiger partial charge < -0.3 is 14.6 Å². The zero-order chi connectivity index (χ0) is 14.0. The van der Waals surface area contributed by atoms with Crippen molar-refractivity contribution in [2.75, 3.05) is 19.8 Å². The first-order chi connectivity index (χ1) is 8.17. The summed E-state index contributed by atoms with van der Waals surface area (Å²) in [6.45, 7) is 7.46. The molecule has 1 fully saturated rings. The highest BCUT2D eigenvalue weighted by molar-refractivity contribution is 5.84. The lowest BCUT2D eigenvalue weighted by Crippen LogP contribution is -2.58. The van der Waals surface area contributed by atoms with E-state index in [9.17, 15) is 14.7 Å². The summed E-state index contributed by atoms with van der Waals surface area (Å²) in [5.74, 6) is -1.09. The number of nitrogens with zero attached hydrogens (tertiary/aromatic N) is 1. The number of aliphatic carboxylic acids is 1. The second-order valence-electron chi connectivity index (χ2n) is 5.62. The normalized spacial score (nSPS) is 25.4. The summed E-state index contributed by atoms with van der Waals surface area (Å²) in [7, 11) is 0. The molecule has 18 heavy (non-hydrogen) atoms. The largest absolute Gasteiger partial charge is 0.479 e. The summed E-state index contributed by atoms with van der Waals surface area (Å²) in [5, 5.41) is 9.31. The molecule has 0 aromatic rings. The molecule has 1 aliphatic rings. The summed E-state index contributed by atoms with van der Waals surface area (Å²) in [6.07, 6.45) is -0.0137. The Bertz CT molecular complexity index is 336. The van der Waals surface area contributed by atoms with Gasteiger partial charge in [0.15, 0.2) is 5.54 Å². The lowest BCUT2D eigenvalue weighted by atomic mass is 10.0. The van der Waals surface area contributed by atoms with E-state index in [1.54, 1.807) is 20.8 Å². The molecule has 0 radical (unpaired) electrons. The van der Waals surface area contributed by atoms with Crippen molar-refractivity contribution in [2.24, 2.45) is 0 Å². The highest BCUT2D eigenvalue weighted by atomic mass is 16.6. The SMILES string of the molecule is CC(C)(C)OC(=O)N1CCCOCC1(C)C(=O)O. The lowest BCUT2D eigenvalue weighted by molar-refractivity contribution is -0.152. The Balaban J connectivity index is 2.93. The third-order valence-electron chi connectivity index (χ3n) is 2.72. The number of carbonyl (C=O) groups is 2. The van der Waals surface area contributed by atoms with Crippen LogP contribution in [0.5, 0.6) is 0 Å². The number of rotatable bonds is 1. The maximum atomic E-state index is 12.1. The maximum absolute atomic E-state index is 12.1. The highest BCUT2D eigenvalue weighted by Gasteiger charge is 2.45. The molecular formula is C12H21NO5. The van der Waals surface area contributed by atoms with Gasteiger partial charge >= 0.3 is 12.1 Å². The molecule has 104 valence electrons. The molecule has 0 aromatic carbocycles. The number of hydrogen-bond donors (Lipinski definition) is 1. The van der Waals surface area contributed by atoms with Crippen LogP contribution in [0.2, 0.25) is 0 Å². The van der Waals surface area contributed by atoms with E-state index in [0.717, 1.165) is 0 Å². The number of hydrogen-bond acceptors (Lipinski definition) is 4. The van der Waals surface area contributed by atoms with Crippen molar-refractivity contribution in [1.29, 1.82) is 0 Å². The highest BCUT2D eigenvalue weighted by Crippen LogP contribution is 2.23. The second-order valence-corrected chi connectivity index (χ2v) is 5.62. The predicted molar refractivity (Wildman–Crippen MR) is 64.4 cm³/mol. The minimum Gasteiger partial charge on any atom is -0.479 e. The van der Waals surface area contributed by atoms with Gasteiger partial charge in [-0.25, -0.2) is 9.59 Å². The lowest BCUT2D eigenvalue weighted by Gasteiger charge is -2.36. The van der Waals surface area contributed by atoms with Gasteiger partial charge in [-0.05, 0) is 34.1 Å². The first kappa shape index (κ1) is 14.8. The molecule has 0 spiro atoms. The molecular weight excluding hydrogens is 238 g/mol. The third-order valence-corrected chi connectivity index (χ3v) is 2.72. The van der Waals surface area contributed by atoms with E-state index in [4.69, 9.17) is 9.47 Å². The molecule has 0 aliphatic carbocycles. The van der Waals surface area contributed by atoms with Crippen LogP contribution in [0.1, 0.15) is 34.1 Å². The van der Waals surface area contributed by atoms with Crippen LogP contribution in [0.25, 0.3) is 0 Å². The summed E-state index contributed by atoms with van der Waals surface area (Å²) in [4.78, 5) is 24.7. The molecule has 1 aliphatic heterocycles. The summed E-state index contributed by atoms with van der Waals surface area (Å²) in [5.41, 5.74) is -2.03. The molecule has 1 saturated heterocycles. The zero-order valence-electron chi connectivity index (χ0n) is 11.4. The van der Waals surface area contributed by atoms with Crippen LogP contribution >= 0.6 is 0 Å². The van der Waals surface area contributed by atoms with Gasteiger partial charge in [0.05, 0.1) is 6.61 Å². The van der Waals surface area contributed by atoms with Crippen molar-refractivity contribution in [2.45, 2.75) is 45.3 Å². The van der Waals surface area contributed by atoms with Crippen molar-refractivity contribution in [1.82, 2.24) is 4.90 Å². The van der Waals surface area contributed by atoms with E-state index in [0.29, 0.717) is 19.6 Å². The number of carboxylic acids is 1. The van der Waals surface area contributed by atoms with Crippen LogP contribution < -0.4 is 0 Å². The van der Waals surface area contributed by atoms with Gasteiger partial charge in [0.1, 0.15) is 5.60 Å². The fourth-order valence-electron chi connectivity index (χ4n) is 1.71. The Morgan fingerprint density at radius 1 is 1.39 bits per heavy atom. The number of ether oxygens (including phenoxy) is 2. The van der Waals surface area contributed by atoms with Crippen molar-refractivity contribution in [3.8, 4) is 0 Å². The fourth-order valence-corrected chi connectivity index (χ4v) is 1.71. The van der Waals surface area contributed by atoms with Crippen molar-refractivity contribution < 1.29 is 24.2 Å². The number of carboxylic acid groups (broad SMARTS) is 1. The summed E-state index contributed by atoms with van der Waals surface area (Å²) < 4.78 is 10.5. The van der Waals surface area contributed by atoms with Gasteiger partial charge in [0.2, 0.25) is 0 Å². The Morgan fingerprint density at radius 3 is 2.50 bits per heavy atom. The van der Waals surface area contributed by atoms with Crippen molar-refractivity contribution in [3.05, 3.63) is 0 Å². The molecule has 6 heteroatoms. The molecule has 1 unspecified atom stereocenters. The average Bonchev–Trinajstić information content (AvgIpc) is 2.38. The number of carbonyl (C=O) groups excluding carboxylic acids is 1. The van der Waals surface area contributed by atoms with Gasteiger partial charge in [0, 0.05) is 13.2 Å². The fraction of sp³-hybridized carbons (Fsp3) is 0.833. The first-order valence-electron chi connectivity index (χ1n) is 5.98. The third kappa shape index (κ3) is 3.35. The van der Waals surface area contributed by atoms with Crippen molar-refractivity contribution in [3.63, 3.8) is 0 Å². The standard InChI is InChI=1S/C12H21NO5/c1-11(2,3)18-10(16)13-6-5-7-17-8-12(13,4)9(14)15/h5-8H2,1-4H3,(H,14,15). The summed E-state index contributed by atoms with van der Waals surface area (Å²) in [6, 6.07) is 0. The summed E-state index contributed by atoms with van der Waals surface area (Å²) >= 11 is 0. The molecule has 6 nitrogen and oxygen atoms in total. The van der Waals surface area contributed by atoms with E-state index in [2.05, 4.69) is 0 Å². The van der Waals surface area contributed by atoms with Crippen LogP contribution in [0, 0.1) is 0 Å². The quantitative estimate of drug-likeness (QED) is 0.772. The van der Waals surface area contributed by atoms with Crippen LogP contribution in [0.3, 0.4) is 0 Å². The van der Waals surface area contributed by atoms with Crippen LogP contribution in [0.15, 0.2) is 0 Å². The van der Waals surface area contributed by atoms with E-state index in [1.807, 2.05) is 0 Å². The zero-order valence-corrected chi connectivity index (χ0v) is 11.4. The van der Waals surface area contributed by atoms with Gasteiger partial charge in [-0.1, -0.05) is 0 Å². The van der Waals surface area contributed by atoms with Crippen molar-refractivity contribution >= 4 is 12.1 Å². The predicted octanol–water partition coefficient (Wildman–Crippen LogP) is 1.49. The van der Waals surface area contributed by atoms with E-state index >= 15 is 0 Å². The second kappa shape index (κ2) is 5.14. The Morgan fingerprint density at radius 2 is 2.00 bits per heavy atom. The average molecular weight is 259 g/mol. The molecule has 0 bridgehead atoms. The smallest absolute Gasteiger partial charge is 0.411 e. The Kier molecular flexibility index (Phi) is 4.21. The molecule has 0 aromatic heterocycles. The van der Waals surface area contributed by atoms with E-state index in [1.165, 1.54) is 11.8 Å². The van der Waals surface area contributed by atoms with Crippen LogP contribution in [-0.4, -0.2) is 53.0 Å². The van der Waals surface area contributed by atoms with E-state index < -0.39 is 23.2 Å². The molecule has 1 rings (SSSR count). The topological polar surface area (TPSA) is 76.1 Å². The molecule has 1 heterocycles. The Hall–Kier alpha value is -1.30. The molecule has 1 amide bonds. The molecule has 1 N–H and O–H groups in total. The van der Waals surface area contributed by atoms with Gasteiger partial charge in [-0.3, -0.25) is 4.90 Å². The minimum atomic E-state index is -1.38. The van der Waals surface area contributed by atoms with Gasteiger partial charge in [-0.2, -0.15) is 0 Å². The Labute approximate surface area is 107 Å². The molecule has 1 atom stereocenters. The minimum absolute atomic E-state index is 0.0262. The van der Waals surface area contributed by atoms with E-state index in [-0.39, 0.29) is 6.61 Å². The van der Waals surface area contributed by atoms with Gasteiger partial charge in [0.25, 0.3) is 0 Å². The first-order valence-corrected chi connectivity index (χ1v) is 5.98. The monoisotopic (exact) mass is 259 g/mol. The van der Waals surface area contributed by atoms with Crippen LogP contribution in [-0.2, 0) is 14.3 Å². The molecule has 0 saturated carbocycles. The van der Waals surface area contributed by atoms with Gasteiger partial charge in [-0.15, -0.1) is 0 Å². The van der Waals surface area contributed by atoms with Crippen LogP contribution in [0.4, 0.5) is 4.79 Å².